The second-order valence-electron chi connectivity index (χ2n) is 5.17. The largest absolute Gasteiger partial charge is 0.387 e. The SMILES string of the molecule is C=CCOC[C@H]1O[C@@H](n2cnc3c(N)ncnc32)[C@H](OC)[C@@H]1O. The number of methoxy groups -OCH3 is 1. The number of nitrogens with zero attached hydrogens (tertiary/aromatic N) is 4. The number of rotatable bonds is 6. The summed E-state index contributed by atoms with van der Waals surface area (Å²) in [7, 11) is 1.51. The van der Waals surface area contributed by atoms with Gasteiger partial charge >= 0.3 is 0 Å². The summed E-state index contributed by atoms with van der Waals surface area (Å²) >= 11 is 0. The van der Waals surface area contributed by atoms with Gasteiger partial charge in [-0.25, -0.2) is 15.0 Å². The van der Waals surface area contributed by atoms with E-state index in [1.54, 1.807) is 17.0 Å². The van der Waals surface area contributed by atoms with Crippen molar-refractivity contribution in [1.29, 1.82) is 0 Å². The highest BCUT2D eigenvalue weighted by Crippen LogP contribution is 2.33. The normalized spacial score (nSPS) is 27.6. The van der Waals surface area contributed by atoms with Gasteiger partial charge in [0.05, 0.1) is 19.5 Å². The molecule has 3 N–H and O–H groups in total. The summed E-state index contributed by atoms with van der Waals surface area (Å²) < 4.78 is 18.4. The van der Waals surface area contributed by atoms with E-state index in [1.165, 1.54) is 13.4 Å². The molecule has 0 bridgehead atoms. The van der Waals surface area contributed by atoms with Gasteiger partial charge in [-0.15, -0.1) is 6.58 Å². The van der Waals surface area contributed by atoms with E-state index in [-0.39, 0.29) is 12.4 Å². The van der Waals surface area contributed by atoms with E-state index < -0.39 is 24.5 Å². The minimum absolute atomic E-state index is 0.229. The Balaban J connectivity index is 1.88. The molecule has 3 heterocycles. The summed E-state index contributed by atoms with van der Waals surface area (Å²) in [5.41, 5.74) is 6.79. The molecule has 1 saturated heterocycles. The van der Waals surface area contributed by atoms with E-state index in [2.05, 4.69) is 21.5 Å². The van der Waals surface area contributed by atoms with Gasteiger partial charge < -0.3 is 25.1 Å². The number of fused-ring (bicyclic) bond motifs is 1. The molecule has 0 saturated carbocycles. The van der Waals surface area contributed by atoms with Crippen LogP contribution in [-0.2, 0) is 14.2 Å². The van der Waals surface area contributed by atoms with Crippen LogP contribution in [0.3, 0.4) is 0 Å². The fourth-order valence-corrected chi connectivity index (χ4v) is 2.66. The van der Waals surface area contributed by atoms with Crippen LogP contribution in [0.5, 0.6) is 0 Å². The first-order chi connectivity index (χ1) is 11.2. The maximum atomic E-state index is 10.4. The summed E-state index contributed by atoms with van der Waals surface area (Å²) in [6.45, 7) is 4.19. The predicted octanol–water partition coefficient (Wildman–Crippen LogP) is -0.116. The molecule has 9 heteroatoms. The number of aromatic nitrogens is 4. The number of hydrogen-bond acceptors (Lipinski definition) is 8. The zero-order valence-electron chi connectivity index (χ0n) is 12.7. The molecule has 1 aliphatic rings. The van der Waals surface area contributed by atoms with Crippen LogP contribution in [0, 0.1) is 0 Å². The van der Waals surface area contributed by atoms with Gasteiger partial charge in [-0.3, -0.25) is 4.57 Å². The van der Waals surface area contributed by atoms with Crippen molar-refractivity contribution >= 4 is 17.0 Å². The number of aliphatic hydroxyl groups is 1. The molecule has 0 spiro atoms. The van der Waals surface area contributed by atoms with Gasteiger partial charge in [0.25, 0.3) is 0 Å². The number of anilines is 1. The maximum absolute atomic E-state index is 10.4. The summed E-state index contributed by atoms with van der Waals surface area (Å²) in [5, 5.41) is 10.4. The molecule has 0 aromatic carbocycles. The molecule has 2 aromatic heterocycles. The minimum Gasteiger partial charge on any atom is -0.387 e. The topological polar surface area (TPSA) is 118 Å². The average molecular weight is 321 g/mol. The smallest absolute Gasteiger partial charge is 0.167 e. The van der Waals surface area contributed by atoms with Crippen molar-refractivity contribution < 1.29 is 19.3 Å². The summed E-state index contributed by atoms with van der Waals surface area (Å²) in [6.07, 6.45) is 2.00. The molecule has 1 fully saturated rings. The van der Waals surface area contributed by atoms with Crippen LogP contribution < -0.4 is 5.73 Å². The van der Waals surface area contributed by atoms with Gasteiger partial charge in [0.1, 0.15) is 30.2 Å². The Morgan fingerprint density at radius 1 is 1.48 bits per heavy atom. The quantitative estimate of drug-likeness (QED) is 0.559. The molecule has 23 heavy (non-hydrogen) atoms. The molecule has 4 atom stereocenters. The van der Waals surface area contributed by atoms with Gasteiger partial charge in [-0.2, -0.15) is 0 Å². The summed E-state index contributed by atoms with van der Waals surface area (Å²) in [4.78, 5) is 12.3. The van der Waals surface area contributed by atoms with Crippen molar-refractivity contribution in [3.05, 3.63) is 25.3 Å². The van der Waals surface area contributed by atoms with E-state index in [0.29, 0.717) is 17.8 Å². The van der Waals surface area contributed by atoms with E-state index in [9.17, 15) is 5.11 Å². The van der Waals surface area contributed by atoms with Gasteiger partial charge in [-0.1, -0.05) is 6.08 Å². The molecular weight excluding hydrogens is 302 g/mol. The number of imidazole rings is 1. The molecule has 0 unspecified atom stereocenters. The third-order valence-electron chi connectivity index (χ3n) is 3.76. The first-order valence-corrected chi connectivity index (χ1v) is 7.15. The predicted molar refractivity (Wildman–Crippen MR) is 81.5 cm³/mol. The fraction of sp³-hybridized carbons (Fsp3) is 0.500. The number of nitrogens with two attached hydrogens (primary N) is 1. The highest BCUT2D eigenvalue weighted by molar-refractivity contribution is 5.81. The van der Waals surface area contributed by atoms with Crippen LogP contribution in [0.4, 0.5) is 5.82 Å². The van der Waals surface area contributed by atoms with Crippen molar-refractivity contribution in [2.24, 2.45) is 0 Å². The van der Waals surface area contributed by atoms with Gasteiger partial charge in [0, 0.05) is 7.11 Å². The zero-order valence-corrected chi connectivity index (χ0v) is 12.7. The van der Waals surface area contributed by atoms with Crippen LogP contribution in [0.2, 0.25) is 0 Å². The minimum atomic E-state index is -0.841. The van der Waals surface area contributed by atoms with E-state index >= 15 is 0 Å². The Kier molecular flexibility index (Phi) is 4.53. The van der Waals surface area contributed by atoms with Crippen molar-refractivity contribution in [2.75, 3.05) is 26.1 Å². The third kappa shape index (κ3) is 2.79. The van der Waals surface area contributed by atoms with E-state index in [1.807, 2.05) is 0 Å². The highest BCUT2D eigenvalue weighted by Gasteiger charge is 2.45. The first-order valence-electron chi connectivity index (χ1n) is 7.15. The van der Waals surface area contributed by atoms with Crippen LogP contribution in [0.15, 0.2) is 25.3 Å². The monoisotopic (exact) mass is 321 g/mol. The summed E-state index contributed by atoms with van der Waals surface area (Å²) in [5.74, 6) is 0.284. The number of aliphatic hydroxyl groups excluding tert-OH is 1. The number of ether oxygens (including phenoxy) is 3. The molecule has 124 valence electrons. The molecule has 3 rings (SSSR count). The summed E-state index contributed by atoms with van der Waals surface area (Å²) in [6, 6.07) is 0. The lowest BCUT2D eigenvalue weighted by Gasteiger charge is -2.19. The molecule has 0 aliphatic carbocycles. The fourth-order valence-electron chi connectivity index (χ4n) is 2.66. The molecular formula is C14H19N5O4. The van der Waals surface area contributed by atoms with Crippen LogP contribution in [0.1, 0.15) is 6.23 Å². The second kappa shape index (κ2) is 6.59. The van der Waals surface area contributed by atoms with Crippen molar-refractivity contribution in [3.63, 3.8) is 0 Å². The van der Waals surface area contributed by atoms with Crippen LogP contribution in [-0.4, -0.2) is 63.3 Å². The lowest BCUT2D eigenvalue weighted by molar-refractivity contribution is -0.0660. The van der Waals surface area contributed by atoms with E-state index in [4.69, 9.17) is 19.9 Å². The molecule has 9 nitrogen and oxygen atoms in total. The number of nitrogen functional groups attached to an aromatic ring is 1. The molecule has 0 radical (unpaired) electrons. The highest BCUT2D eigenvalue weighted by atomic mass is 16.6. The average Bonchev–Trinajstić information content (AvgIpc) is 3.10. The third-order valence-corrected chi connectivity index (χ3v) is 3.76. The lowest BCUT2D eigenvalue weighted by Crippen LogP contribution is -2.35. The Labute approximate surface area is 132 Å². The Morgan fingerprint density at radius 3 is 3.04 bits per heavy atom. The Hall–Kier alpha value is -2.07. The van der Waals surface area contributed by atoms with E-state index in [0.717, 1.165) is 0 Å². The standard InChI is InChI=1S/C14H19N5O4/c1-3-4-22-5-8-10(20)11(21-2)14(23-8)19-7-18-9-12(15)16-6-17-13(9)19/h3,6-8,10-11,14,20H,1,4-5H2,2H3,(H2,15,16,17)/t8-,10-,11-,14-/m1/s1. The lowest BCUT2D eigenvalue weighted by atomic mass is 10.1. The zero-order chi connectivity index (χ0) is 16.4. The molecule has 0 amide bonds. The Morgan fingerprint density at radius 2 is 2.30 bits per heavy atom. The van der Waals surface area contributed by atoms with Gasteiger partial charge in [0.15, 0.2) is 17.7 Å². The van der Waals surface area contributed by atoms with Crippen molar-refractivity contribution in [2.45, 2.75) is 24.5 Å². The van der Waals surface area contributed by atoms with Gasteiger partial charge in [0.2, 0.25) is 0 Å². The van der Waals surface area contributed by atoms with Crippen LogP contribution >= 0.6 is 0 Å². The molecule has 1 aliphatic heterocycles. The maximum Gasteiger partial charge on any atom is 0.167 e. The Bertz CT molecular complexity index is 691. The molecule has 2 aromatic rings. The second-order valence-corrected chi connectivity index (χ2v) is 5.17. The first kappa shape index (κ1) is 15.8. The van der Waals surface area contributed by atoms with Crippen molar-refractivity contribution in [3.8, 4) is 0 Å². The van der Waals surface area contributed by atoms with Crippen molar-refractivity contribution in [1.82, 2.24) is 19.5 Å². The van der Waals surface area contributed by atoms with Gasteiger partial charge in [-0.05, 0) is 0 Å². The van der Waals surface area contributed by atoms with Crippen LogP contribution in [0.25, 0.3) is 11.2 Å². The number of hydrogen-bond donors (Lipinski definition) is 2.